The molecule has 164 valence electrons. The number of hydrogen-bond acceptors (Lipinski definition) is 5. The third kappa shape index (κ3) is 5.01. The first-order valence-electron chi connectivity index (χ1n) is 10.5. The number of nitrogens with one attached hydrogen (secondary N) is 2. The van der Waals surface area contributed by atoms with Crippen LogP contribution in [0.1, 0.15) is 17.2 Å². The highest BCUT2D eigenvalue weighted by Crippen LogP contribution is 2.31. The van der Waals surface area contributed by atoms with Gasteiger partial charge in [0.1, 0.15) is 0 Å². The third-order valence-corrected chi connectivity index (χ3v) is 6.22. The highest BCUT2D eigenvalue weighted by molar-refractivity contribution is 6.41. The lowest BCUT2D eigenvalue weighted by atomic mass is 10.0. The van der Waals surface area contributed by atoms with Crippen LogP contribution in [0.3, 0.4) is 0 Å². The van der Waals surface area contributed by atoms with Gasteiger partial charge < -0.3 is 20.3 Å². The van der Waals surface area contributed by atoms with Crippen molar-refractivity contribution in [2.75, 3.05) is 56.7 Å². The normalized spacial score (nSPS) is 17.2. The second kappa shape index (κ2) is 9.68. The molecule has 4 rings (SSSR count). The van der Waals surface area contributed by atoms with Gasteiger partial charge in [0.15, 0.2) is 0 Å². The minimum absolute atomic E-state index is 0.0304. The summed E-state index contributed by atoms with van der Waals surface area (Å²) in [7, 11) is 2.10. The minimum atomic E-state index is -0.732. The Morgan fingerprint density at radius 2 is 1.87 bits per heavy atom. The highest BCUT2D eigenvalue weighted by Gasteiger charge is 2.26. The lowest BCUT2D eigenvalue weighted by Gasteiger charge is -2.35. The van der Waals surface area contributed by atoms with Gasteiger partial charge in [0, 0.05) is 38.9 Å². The van der Waals surface area contributed by atoms with Gasteiger partial charge in [0.2, 0.25) is 0 Å². The van der Waals surface area contributed by atoms with Gasteiger partial charge in [-0.05, 0) is 35.7 Å². The summed E-state index contributed by atoms with van der Waals surface area (Å²) in [6, 6.07) is 13.3. The molecule has 2 aliphatic heterocycles. The van der Waals surface area contributed by atoms with Gasteiger partial charge in [-0.3, -0.25) is 14.5 Å². The number of morpholine rings is 1. The van der Waals surface area contributed by atoms with E-state index in [9.17, 15) is 9.59 Å². The van der Waals surface area contributed by atoms with Crippen molar-refractivity contribution >= 4 is 34.8 Å². The van der Waals surface area contributed by atoms with E-state index in [-0.39, 0.29) is 6.04 Å². The van der Waals surface area contributed by atoms with E-state index in [0.717, 1.165) is 31.6 Å². The number of nitrogens with zero attached hydrogens (tertiary/aromatic N) is 2. The molecule has 2 N–H and O–H groups in total. The predicted molar refractivity (Wildman–Crippen MR) is 122 cm³/mol. The van der Waals surface area contributed by atoms with Crippen LogP contribution in [-0.4, -0.2) is 63.2 Å². The summed E-state index contributed by atoms with van der Waals surface area (Å²) in [5.74, 6) is -1.41. The van der Waals surface area contributed by atoms with Crippen LogP contribution < -0.4 is 15.5 Å². The molecule has 2 heterocycles. The molecule has 2 amide bonds. The molecular weight excluding hydrogens is 416 g/mol. The molecule has 1 fully saturated rings. The summed E-state index contributed by atoms with van der Waals surface area (Å²) in [5.41, 5.74) is 4.13. The number of fused-ring (bicyclic) bond motifs is 1. The smallest absolute Gasteiger partial charge is 0.313 e. The third-order valence-electron chi connectivity index (χ3n) is 5.89. The van der Waals surface area contributed by atoms with Crippen LogP contribution >= 0.6 is 11.6 Å². The summed E-state index contributed by atoms with van der Waals surface area (Å²) in [5, 5.41) is 5.76. The molecule has 1 unspecified atom stereocenters. The molecule has 2 aliphatic rings. The molecule has 2 aromatic carbocycles. The van der Waals surface area contributed by atoms with Gasteiger partial charge >= 0.3 is 11.8 Å². The number of hydrogen-bond donors (Lipinski definition) is 2. The first kappa shape index (κ1) is 21.6. The molecule has 0 aliphatic carbocycles. The Balaban J connectivity index is 1.46. The number of carbonyl (C=O) groups excluding carboxylic acids is 2. The number of likely N-dealkylation sites (N-methyl/N-ethyl adjacent to an activating group) is 1. The van der Waals surface area contributed by atoms with Crippen LogP contribution in [-0.2, 0) is 20.7 Å². The van der Waals surface area contributed by atoms with Gasteiger partial charge in [-0.1, -0.05) is 35.9 Å². The van der Waals surface area contributed by atoms with Gasteiger partial charge in [0.05, 0.1) is 30.0 Å². The van der Waals surface area contributed by atoms with E-state index < -0.39 is 11.8 Å². The van der Waals surface area contributed by atoms with Gasteiger partial charge in [0.25, 0.3) is 0 Å². The molecule has 31 heavy (non-hydrogen) atoms. The zero-order valence-electron chi connectivity index (χ0n) is 17.6. The number of ether oxygens (including phenoxy) is 1. The Hall–Kier alpha value is -2.61. The molecule has 0 saturated carbocycles. The van der Waals surface area contributed by atoms with Crippen LogP contribution in [0.25, 0.3) is 0 Å². The van der Waals surface area contributed by atoms with Crippen LogP contribution in [0.5, 0.6) is 0 Å². The second-order valence-electron chi connectivity index (χ2n) is 7.87. The zero-order valence-corrected chi connectivity index (χ0v) is 18.3. The van der Waals surface area contributed by atoms with E-state index in [1.807, 2.05) is 0 Å². The van der Waals surface area contributed by atoms with Crippen molar-refractivity contribution in [1.29, 1.82) is 0 Å². The fraction of sp³-hybridized carbons (Fsp3) is 0.391. The Kier molecular flexibility index (Phi) is 6.75. The second-order valence-corrected chi connectivity index (χ2v) is 8.28. The quantitative estimate of drug-likeness (QED) is 0.696. The molecule has 7 nitrogen and oxygen atoms in total. The van der Waals surface area contributed by atoms with Crippen LogP contribution in [0.2, 0.25) is 5.02 Å². The minimum Gasteiger partial charge on any atom is -0.379 e. The lowest BCUT2D eigenvalue weighted by Crippen LogP contribution is -2.45. The number of amides is 2. The number of carbonyl (C=O) groups is 2. The standard InChI is InChI=1S/C23H27ClN4O3/c1-27-9-8-17-14-16(6-7-20(17)27)21(28-10-12-31-13-11-28)15-25-22(29)23(30)26-19-5-3-2-4-18(19)24/h2-7,14,21H,8-13,15H2,1H3,(H,25,29)(H,26,30). The van der Waals surface area contributed by atoms with E-state index in [1.54, 1.807) is 24.3 Å². The van der Waals surface area contributed by atoms with Gasteiger partial charge in [-0.2, -0.15) is 0 Å². The van der Waals surface area contributed by atoms with E-state index in [4.69, 9.17) is 16.3 Å². The number of para-hydroxylation sites is 1. The topological polar surface area (TPSA) is 73.9 Å². The van der Waals surface area contributed by atoms with Crippen molar-refractivity contribution in [3.05, 3.63) is 58.6 Å². The molecule has 1 atom stereocenters. The highest BCUT2D eigenvalue weighted by atomic mass is 35.5. The monoisotopic (exact) mass is 442 g/mol. The zero-order chi connectivity index (χ0) is 21.8. The van der Waals surface area contributed by atoms with Crippen molar-refractivity contribution in [2.24, 2.45) is 0 Å². The number of halogens is 1. The molecular formula is C23H27ClN4O3. The van der Waals surface area contributed by atoms with Gasteiger partial charge in [-0.15, -0.1) is 0 Å². The van der Waals surface area contributed by atoms with Crippen LogP contribution in [0.15, 0.2) is 42.5 Å². The Labute approximate surface area is 187 Å². The van der Waals surface area contributed by atoms with Crippen molar-refractivity contribution in [3.63, 3.8) is 0 Å². The fourth-order valence-corrected chi connectivity index (χ4v) is 4.34. The maximum absolute atomic E-state index is 12.5. The molecule has 0 aromatic heterocycles. The molecule has 0 bridgehead atoms. The maximum atomic E-state index is 12.5. The van der Waals surface area contributed by atoms with E-state index in [2.05, 4.69) is 45.7 Å². The molecule has 0 radical (unpaired) electrons. The summed E-state index contributed by atoms with van der Waals surface area (Å²) in [4.78, 5) is 29.4. The van der Waals surface area contributed by atoms with Crippen molar-refractivity contribution < 1.29 is 14.3 Å². The molecule has 2 aromatic rings. The SMILES string of the molecule is CN1CCc2cc(C(CNC(=O)C(=O)Nc3ccccc3Cl)N3CCOCC3)ccc21. The Morgan fingerprint density at radius 3 is 2.65 bits per heavy atom. The Morgan fingerprint density at radius 1 is 1.10 bits per heavy atom. The first-order chi connectivity index (χ1) is 15.0. The average Bonchev–Trinajstić information content (AvgIpc) is 3.16. The Bertz CT molecular complexity index is 962. The molecule has 8 heteroatoms. The number of benzene rings is 2. The van der Waals surface area contributed by atoms with Gasteiger partial charge in [-0.25, -0.2) is 0 Å². The summed E-state index contributed by atoms with van der Waals surface area (Å²) in [6.07, 6.45) is 1.02. The first-order valence-corrected chi connectivity index (χ1v) is 10.9. The average molecular weight is 443 g/mol. The van der Waals surface area contributed by atoms with Crippen LogP contribution in [0.4, 0.5) is 11.4 Å². The lowest BCUT2D eigenvalue weighted by molar-refractivity contribution is -0.136. The largest absolute Gasteiger partial charge is 0.379 e. The van der Waals surface area contributed by atoms with E-state index in [1.165, 1.54) is 11.3 Å². The summed E-state index contributed by atoms with van der Waals surface area (Å²) < 4.78 is 5.50. The van der Waals surface area contributed by atoms with Crippen molar-refractivity contribution in [3.8, 4) is 0 Å². The van der Waals surface area contributed by atoms with Crippen LogP contribution in [0, 0.1) is 0 Å². The number of rotatable bonds is 5. The van der Waals surface area contributed by atoms with E-state index in [0.29, 0.717) is 30.5 Å². The summed E-state index contributed by atoms with van der Waals surface area (Å²) >= 11 is 6.07. The van der Waals surface area contributed by atoms with E-state index >= 15 is 0 Å². The predicted octanol–water partition coefficient (Wildman–Crippen LogP) is 2.46. The molecule has 1 saturated heterocycles. The number of anilines is 2. The maximum Gasteiger partial charge on any atom is 0.313 e. The van der Waals surface area contributed by atoms with Crippen molar-refractivity contribution in [2.45, 2.75) is 12.5 Å². The fourth-order valence-electron chi connectivity index (χ4n) is 4.15. The van der Waals surface area contributed by atoms with Crippen molar-refractivity contribution in [1.82, 2.24) is 10.2 Å². The summed E-state index contributed by atoms with van der Waals surface area (Å²) in [6.45, 7) is 4.23. The molecule has 0 spiro atoms.